The van der Waals surface area contributed by atoms with Crippen LogP contribution in [0.25, 0.3) is 65.8 Å². The number of fused-ring (bicyclic) bond motifs is 12. The molecule has 0 aliphatic rings. The Morgan fingerprint density at radius 3 is 1.85 bits per heavy atom. The lowest BCUT2D eigenvalue weighted by Gasteiger charge is -2.13. The molecule has 5 aromatic heterocycles. The summed E-state index contributed by atoms with van der Waals surface area (Å²) in [6.45, 7) is 0. The second kappa shape index (κ2) is 8.37. The predicted octanol–water partition coefficient (Wildman–Crippen LogP) is 8.45. The number of hydrogen-bond donors (Lipinski definition) is 0. The van der Waals surface area contributed by atoms with E-state index in [0.717, 1.165) is 60.8 Å². The van der Waals surface area contributed by atoms with Gasteiger partial charge in [-0.05, 0) is 76.5 Å². The fourth-order valence-electron chi connectivity index (χ4n) is 6.12. The number of aromatic nitrogens is 5. The fraction of sp³-hybridized carbons (Fsp3) is 0. The van der Waals surface area contributed by atoms with Gasteiger partial charge in [-0.15, -0.1) is 0 Å². The highest BCUT2D eigenvalue weighted by molar-refractivity contribution is 6.13. The highest BCUT2D eigenvalue weighted by Gasteiger charge is 2.14. The molecule has 0 unspecified atom stereocenters. The first-order chi connectivity index (χ1) is 20.3. The fourth-order valence-corrected chi connectivity index (χ4v) is 6.12. The molecule has 0 bridgehead atoms. The first-order valence-electron chi connectivity index (χ1n) is 13.5. The predicted molar refractivity (Wildman–Crippen MR) is 164 cm³/mol. The highest BCUT2D eigenvalue weighted by atomic mass is 16.5. The molecule has 4 aromatic carbocycles. The minimum atomic E-state index is 0.747. The van der Waals surface area contributed by atoms with Crippen LogP contribution in [0.3, 0.4) is 0 Å². The van der Waals surface area contributed by atoms with Gasteiger partial charge in [-0.25, -0.2) is 9.97 Å². The maximum Gasteiger partial charge on any atom is 0.145 e. The molecule has 192 valence electrons. The summed E-state index contributed by atoms with van der Waals surface area (Å²) in [5, 5.41) is 6.54. The van der Waals surface area contributed by atoms with Gasteiger partial charge in [0.15, 0.2) is 0 Å². The van der Waals surface area contributed by atoms with Gasteiger partial charge in [-0.2, -0.15) is 0 Å². The summed E-state index contributed by atoms with van der Waals surface area (Å²) >= 11 is 0. The summed E-state index contributed by atoms with van der Waals surface area (Å²) in [4.78, 5) is 13.7. The number of imidazole rings is 2. The van der Waals surface area contributed by atoms with Crippen molar-refractivity contribution in [2.24, 2.45) is 0 Å². The van der Waals surface area contributed by atoms with Gasteiger partial charge < -0.3 is 4.74 Å². The molecule has 0 fully saturated rings. The molecule has 0 saturated carbocycles. The van der Waals surface area contributed by atoms with Gasteiger partial charge in [0.1, 0.15) is 22.8 Å². The summed E-state index contributed by atoms with van der Waals surface area (Å²) in [5.74, 6) is 1.50. The molecule has 0 aliphatic carbocycles. The molecular formula is C35H21N5O. The summed E-state index contributed by atoms with van der Waals surface area (Å²) in [7, 11) is 0. The zero-order chi connectivity index (χ0) is 26.9. The summed E-state index contributed by atoms with van der Waals surface area (Å²) < 4.78 is 10.7. The van der Waals surface area contributed by atoms with Crippen LogP contribution >= 0.6 is 0 Å². The lowest BCUT2D eigenvalue weighted by Crippen LogP contribution is -1.93. The van der Waals surface area contributed by atoms with Crippen molar-refractivity contribution < 1.29 is 4.74 Å². The molecule has 41 heavy (non-hydrogen) atoms. The third-order valence-corrected chi connectivity index (χ3v) is 7.98. The lowest BCUT2D eigenvalue weighted by atomic mass is 9.99. The van der Waals surface area contributed by atoms with E-state index in [0.29, 0.717) is 0 Å². The quantitative estimate of drug-likeness (QED) is 0.216. The zero-order valence-corrected chi connectivity index (χ0v) is 21.8. The Morgan fingerprint density at radius 1 is 0.488 bits per heavy atom. The maximum atomic E-state index is 6.47. The third kappa shape index (κ3) is 3.28. The molecule has 0 spiro atoms. The van der Waals surface area contributed by atoms with Crippen molar-refractivity contribution in [2.75, 3.05) is 0 Å². The molecule has 0 N–H and O–H groups in total. The van der Waals surface area contributed by atoms with Gasteiger partial charge in [-0.1, -0.05) is 36.4 Å². The third-order valence-electron chi connectivity index (χ3n) is 7.98. The molecule has 0 radical (unpaired) electrons. The normalized spacial score (nSPS) is 11.9. The van der Waals surface area contributed by atoms with Gasteiger partial charge in [0, 0.05) is 58.7 Å². The van der Waals surface area contributed by atoms with Crippen LogP contribution in [-0.2, 0) is 0 Å². The average Bonchev–Trinajstić information content (AvgIpc) is 3.73. The molecule has 0 saturated heterocycles. The number of benzene rings is 4. The second-order valence-electron chi connectivity index (χ2n) is 10.2. The van der Waals surface area contributed by atoms with E-state index in [1.807, 2.05) is 61.4 Å². The van der Waals surface area contributed by atoms with E-state index in [1.165, 1.54) is 16.5 Å². The largest absolute Gasteiger partial charge is 0.457 e. The van der Waals surface area contributed by atoms with E-state index < -0.39 is 0 Å². The Bertz CT molecular complexity index is 2460. The summed E-state index contributed by atoms with van der Waals surface area (Å²) in [6.07, 6.45) is 11.4. The molecule has 5 heterocycles. The Hall–Kier alpha value is -5.75. The summed E-state index contributed by atoms with van der Waals surface area (Å²) in [6, 6.07) is 31.6. The maximum absolute atomic E-state index is 6.47. The van der Waals surface area contributed by atoms with Gasteiger partial charge in [0.05, 0.1) is 11.0 Å². The van der Waals surface area contributed by atoms with Gasteiger partial charge >= 0.3 is 0 Å². The number of rotatable bonds is 3. The van der Waals surface area contributed by atoms with Crippen molar-refractivity contribution in [1.29, 1.82) is 0 Å². The minimum Gasteiger partial charge on any atom is -0.457 e. The molecule has 6 nitrogen and oxygen atoms in total. The van der Waals surface area contributed by atoms with Gasteiger partial charge in [-0.3, -0.25) is 13.8 Å². The lowest BCUT2D eigenvalue weighted by molar-refractivity contribution is 0.484. The van der Waals surface area contributed by atoms with Crippen LogP contribution in [0.5, 0.6) is 11.5 Å². The van der Waals surface area contributed by atoms with Crippen molar-refractivity contribution in [1.82, 2.24) is 23.8 Å². The molecule has 0 atom stereocenters. The van der Waals surface area contributed by atoms with Gasteiger partial charge in [0.2, 0.25) is 0 Å². The van der Waals surface area contributed by atoms with Crippen LogP contribution in [0.1, 0.15) is 0 Å². The molecular weight excluding hydrogens is 506 g/mol. The van der Waals surface area contributed by atoms with Crippen molar-refractivity contribution in [2.45, 2.75) is 0 Å². The van der Waals surface area contributed by atoms with E-state index in [2.05, 4.69) is 85.5 Å². The van der Waals surface area contributed by atoms with Crippen molar-refractivity contribution >= 4 is 54.6 Å². The van der Waals surface area contributed by atoms with Crippen LogP contribution in [0.4, 0.5) is 0 Å². The van der Waals surface area contributed by atoms with E-state index in [9.17, 15) is 0 Å². The van der Waals surface area contributed by atoms with Crippen molar-refractivity contribution in [3.05, 3.63) is 128 Å². The Morgan fingerprint density at radius 2 is 1.15 bits per heavy atom. The first kappa shape index (κ1) is 22.1. The average molecular weight is 528 g/mol. The Kier molecular flexibility index (Phi) is 4.51. The van der Waals surface area contributed by atoms with E-state index in [1.54, 1.807) is 0 Å². The molecule has 9 rings (SSSR count). The number of ether oxygens (including phenoxy) is 1. The molecule has 6 heteroatoms. The number of hydrogen-bond acceptors (Lipinski definition) is 4. The Labute approximate surface area is 233 Å². The number of pyridine rings is 3. The van der Waals surface area contributed by atoms with Crippen LogP contribution in [0.2, 0.25) is 0 Å². The van der Waals surface area contributed by atoms with Crippen LogP contribution in [0.15, 0.2) is 128 Å². The highest BCUT2D eigenvalue weighted by Crippen LogP contribution is 2.37. The van der Waals surface area contributed by atoms with Gasteiger partial charge in [0.25, 0.3) is 0 Å². The first-order valence-corrected chi connectivity index (χ1v) is 13.5. The molecule has 0 amide bonds. The topological polar surface area (TPSA) is 56.7 Å². The Balaban J connectivity index is 1.20. The van der Waals surface area contributed by atoms with Crippen LogP contribution < -0.4 is 4.74 Å². The van der Waals surface area contributed by atoms with Crippen molar-refractivity contribution in [3.8, 4) is 22.6 Å². The molecule has 0 aliphatic heterocycles. The minimum absolute atomic E-state index is 0.747. The van der Waals surface area contributed by atoms with Crippen molar-refractivity contribution in [3.63, 3.8) is 0 Å². The SMILES string of the molecule is c1ccc(-c2ccc3c(c2)c2ccc(Oc4ccc5c6cnccc6n6ccnc6c5c4)cc2c2nccn32)cc1. The van der Waals surface area contributed by atoms with E-state index in [4.69, 9.17) is 9.72 Å². The summed E-state index contributed by atoms with van der Waals surface area (Å²) in [5.41, 5.74) is 6.38. The van der Waals surface area contributed by atoms with E-state index in [-0.39, 0.29) is 0 Å². The monoisotopic (exact) mass is 527 g/mol. The zero-order valence-electron chi connectivity index (χ0n) is 21.8. The second-order valence-corrected chi connectivity index (χ2v) is 10.2. The van der Waals surface area contributed by atoms with Crippen LogP contribution in [-0.4, -0.2) is 23.8 Å². The smallest absolute Gasteiger partial charge is 0.145 e. The van der Waals surface area contributed by atoms with E-state index >= 15 is 0 Å². The number of nitrogens with zero attached hydrogens (tertiary/aromatic N) is 5. The standard InChI is InChI=1S/C35H21N5O/c1-2-4-22(5-3-1)23-6-11-32-28(18-23)26-9-7-24(19-29(26)34-37-14-16-39(32)34)41-25-8-10-27-30(20-25)35-38-15-17-40(35)33-12-13-36-21-31(27)33/h1-21H. The molecule has 9 aromatic rings. The van der Waals surface area contributed by atoms with Crippen LogP contribution in [0, 0.1) is 0 Å².